The zero-order valence-electron chi connectivity index (χ0n) is 11.9. The van der Waals surface area contributed by atoms with Crippen LogP contribution in [0.3, 0.4) is 0 Å². The number of hydrogen-bond donors (Lipinski definition) is 1. The van der Waals surface area contributed by atoms with Crippen molar-refractivity contribution in [1.29, 1.82) is 0 Å². The van der Waals surface area contributed by atoms with Crippen LogP contribution in [0.25, 0.3) is 6.08 Å². The van der Waals surface area contributed by atoms with Crippen LogP contribution in [-0.4, -0.2) is 11.9 Å². The Kier molecular flexibility index (Phi) is 4.83. The van der Waals surface area contributed by atoms with Gasteiger partial charge in [0.1, 0.15) is 5.76 Å². The molecule has 0 atom stereocenters. The van der Waals surface area contributed by atoms with E-state index in [9.17, 15) is 4.79 Å². The lowest BCUT2D eigenvalue weighted by Gasteiger charge is -2.16. The molecule has 0 saturated carbocycles. The second-order valence-corrected chi connectivity index (χ2v) is 5.18. The highest BCUT2D eigenvalue weighted by atomic mass is 16.4. The number of allylic oxidation sites excluding steroid dienone is 1. The lowest BCUT2D eigenvalue weighted by atomic mass is 10.1. The van der Waals surface area contributed by atoms with Crippen LogP contribution in [0, 0.1) is 0 Å². The van der Waals surface area contributed by atoms with Crippen LogP contribution in [0.1, 0.15) is 67.8 Å². The zero-order valence-corrected chi connectivity index (χ0v) is 11.9. The Bertz CT molecular complexity index is 453. The van der Waals surface area contributed by atoms with Crippen LogP contribution in [0.5, 0.6) is 0 Å². The number of amides is 1. The highest BCUT2D eigenvalue weighted by molar-refractivity contribution is 5.92. The molecule has 0 aliphatic heterocycles. The summed E-state index contributed by atoms with van der Waals surface area (Å²) < 4.78 is 5.66. The average molecular weight is 261 g/mol. The molecule has 1 aliphatic carbocycles. The minimum Gasteiger partial charge on any atom is -0.455 e. The fourth-order valence-electron chi connectivity index (χ4n) is 2.56. The van der Waals surface area contributed by atoms with Crippen molar-refractivity contribution in [3.8, 4) is 0 Å². The Labute approximate surface area is 115 Å². The molecule has 0 radical (unpaired) electrons. The van der Waals surface area contributed by atoms with E-state index in [-0.39, 0.29) is 11.9 Å². The Hall–Kier alpha value is -1.51. The molecule has 0 aromatic carbocycles. The molecule has 0 bridgehead atoms. The van der Waals surface area contributed by atoms with Crippen LogP contribution in [0.2, 0.25) is 0 Å². The van der Waals surface area contributed by atoms with Gasteiger partial charge in [0.05, 0.1) is 0 Å². The Balaban J connectivity index is 2.02. The number of furan rings is 1. The van der Waals surface area contributed by atoms with Gasteiger partial charge in [0.2, 0.25) is 0 Å². The summed E-state index contributed by atoms with van der Waals surface area (Å²) in [6.45, 7) is 4.29. The molecular weight excluding hydrogens is 238 g/mol. The third kappa shape index (κ3) is 3.49. The van der Waals surface area contributed by atoms with Gasteiger partial charge in [0.25, 0.3) is 5.91 Å². The molecule has 1 N–H and O–H groups in total. The average Bonchev–Trinajstić information content (AvgIpc) is 2.83. The van der Waals surface area contributed by atoms with Crippen molar-refractivity contribution < 1.29 is 9.21 Å². The van der Waals surface area contributed by atoms with E-state index in [1.54, 1.807) is 0 Å². The summed E-state index contributed by atoms with van der Waals surface area (Å²) in [6.07, 6.45) is 10.3. The van der Waals surface area contributed by atoms with Crippen molar-refractivity contribution in [2.45, 2.75) is 58.4 Å². The molecule has 1 aromatic heterocycles. The van der Waals surface area contributed by atoms with Gasteiger partial charge in [-0.15, -0.1) is 0 Å². The maximum absolute atomic E-state index is 12.2. The van der Waals surface area contributed by atoms with Crippen molar-refractivity contribution in [3.05, 3.63) is 29.2 Å². The lowest BCUT2D eigenvalue weighted by molar-refractivity contribution is 0.0902. The van der Waals surface area contributed by atoms with E-state index in [0.29, 0.717) is 5.76 Å². The summed E-state index contributed by atoms with van der Waals surface area (Å²) in [4.78, 5) is 12.2. The third-order valence-electron chi connectivity index (χ3n) is 3.51. The molecule has 3 nitrogen and oxygen atoms in total. The first-order valence-corrected chi connectivity index (χ1v) is 7.34. The SMILES string of the molecule is CCCC(CCC)NC(=O)c1cc2c(o1)CCC=C2. The van der Waals surface area contributed by atoms with E-state index in [1.807, 2.05) is 12.1 Å². The summed E-state index contributed by atoms with van der Waals surface area (Å²) in [5.74, 6) is 1.32. The number of aryl methyl sites for hydroxylation is 1. The summed E-state index contributed by atoms with van der Waals surface area (Å²) in [6, 6.07) is 2.12. The van der Waals surface area contributed by atoms with Gasteiger partial charge in [-0.1, -0.05) is 38.8 Å². The molecule has 1 aromatic rings. The van der Waals surface area contributed by atoms with E-state index in [1.165, 1.54) is 0 Å². The Morgan fingerprint density at radius 3 is 2.74 bits per heavy atom. The van der Waals surface area contributed by atoms with E-state index in [2.05, 4.69) is 25.2 Å². The normalized spacial score (nSPS) is 13.6. The van der Waals surface area contributed by atoms with Gasteiger partial charge in [0.15, 0.2) is 5.76 Å². The van der Waals surface area contributed by atoms with E-state index < -0.39 is 0 Å². The van der Waals surface area contributed by atoms with Gasteiger partial charge in [0, 0.05) is 18.0 Å². The molecule has 3 heteroatoms. The van der Waals surface area contributed by atoms with Crippen LogP contribution < -0.4 is 5.32 Å². The predicted octanol–water partition coefficient (Wildman–Crippen LogP) is 3.94. The van der Waals surface area contributed by atoms with Gasteiger partial charge in [-0.3, -0.25) is 4.79 Å². The van der Waals surface area contributed by atoms with Crippen LogP contribution >= 0.6 is 0 Å². The summed E-state index contributed by atoms with van der Waals surface area (Å²) in [7, 11) is 0. The van der Waals surface area contributed by atoms with E-state index in [0.717, 1.165) is 49.8 Å². The smallest absolute Gasteiger partial charge is 0.287 e. The minimum atomic E-state index is -0.0744. The molecule has 1 heterocycles. The standard InChI is InChI=1S/C16H23NO2/c1-3-7-13(8-4-2)17-16(18)15-11-12-9-5-6-10-14(12)19-15/h5,9,11,13H,3-4,6-8,10H2,1-2H3,(H,17,18). The second kappa shape index (κ2) is 6.60. The summed E-state index contributed by atoms with van der Waals surface area (Å²) >= 11 is 0. The topological polar surface area (TPSA) is 42.2 Å². The highest BCUT2D eigenvalue weighted by Crippen LogP contribution is 2.23. The van der Waals surface area contributed by atoms with Crippen molar-refractivity contribution in [2.24, 2.45) is 0 Å². The maximum Gasteiger partial charge on any atom is 0.287 e. The number of carbonyl (C=O) groups is 1. The van der Waals surface area contributed by atoms with Crippen molar-refractivity contribution in [2.75, 3.05) is 0 Å². The minimum absolute atomic E-state index is 0.0744. The molecule has 0 saturated heterocycles. The van der Waals surface area contributed by atoms with Crippen LogP contribution in [0.4, 0.5) is 0 Å². The molecule has 1 aliphatic rings. The largest absolute Gasteiger partial charge is 0.455 e. The monoisotopic (exact) mass is 261 g/mol. The van der Waals surface area contributed by atoms with Crippen molar-refractivity contribution in [3.63, 3.8) is 0 Å². The van der Waals surface area contributed by atoms with Crippen LogP contribution in [0.15, 0.2) is 16.6 Å². The second-order valence-electron chi connectivity index (χ2n) is 5.18. The molecule has 104 valence electrons. The third-order valence-corrected chi connectivity index (χ3v) is 3.51. The van der Waals surface area contributed by atoms with Gasteiger partial charge in [-0.25, -0.2) is 0 Å². The molecule has 0 spiro atoms. The molecule has 1 amide bonds. The maximum atomic E-state index is 12.2. The molecule has 0 unspecified atom stereocenters. The number of fused-ring (bicyclic) bond motifs is 1. The molecule has 2 rings (SSSR count). The molecular formula is C16H23NO2. The zero-order chi connectivity index (χ0) is 13.7. The van der Waals surface area contributed by atoms with Gasteiger partial charge >= 0.3 is 0 Å². The molecule has 19 heavy (non-hydrogen) atoms. The first kappa shape index (κ1) is 13.9. The Morgan fingerprint density at radius 2 is 2.11 bits per heavy atom. The number of hydrogen-bond acceptors (Lipinski definition) is 2. The fraction of sp³-hybridized carbons (Fsp3) is 0.562. The highest BCUT2D eigenvalue weighted by Gasteiger charge is 2.19. The van der Waals surface area contributed by atoms with Gasteiger partial charge < -0.3 is 9.73 Å². The molecule has 0 fully saturated rings. The summed E-state index contributed by atoms with van der Waals surface area (Å²) in [5, 5.41) is 3.09. The summed E-state index contributed by atoms with van der Waals surface area (Å²) in [5.41, 5.74) is 1.05. The van der Waals surface area contributed by atoms with E-state index >= 15 is 0 Å². The van der Waals surface area contributed by atoms with Crippen molar-refractivity contribution >= 4 is 12.0 Å². The lowest BCUT2D eigenvalue weighted by Crippen LogP contribution is -2.34. The fourth-order valence-corrected chi connectivity index (χ4v) is 2.56. The number of carbonyl (C=O) groups excluding carboxylic acids is 1. The van der Waals surface area contributed by atoms with E-state index in [4.69, 9.17) is 4.42 Å². The first-order chi connectivity index (χ1) is 9.24. The number of rotatable bonds is 6. The van der Waals surface area contributed by atoms with Gasteiger partial charge in [-0.05, 0) is 25.3 Å². The predicted molar refractivity (Wildman–Crippen MR) is 77.1 cm³/mol. The number of nitrogens with one attached hydrogen (secondary N) is 1. The first-order valence-electron chi connectivity index (χ1n) is 7.34. The van der Waals surface area contributed by atoms with Gasteiger partial charge in [-0.2, -0.15) is 0 Å². The van der Waals surface area contributed by atoms with Crippen LogP contribution in [-0.2, 0) is 6.42 Å². The Morgan fingerprint density at radius 1 is 1.37 bits per heavy atom. The van der Waals surface area contributed by atoms with Crippen molar-refractivity contribution in [1.82, 2.24) is 5.32 Å². The quantitative estimate of drug-likeness (QED) is 0.842.